The van der Waals surface area contributed by atoms with Crippen LogP contribution in [0.3, 0.4) is 0 Å². The first kappa shape index (κ1) is 14.6. The van der Waals surface area contributed by atoms with Gasteiger partial charge in [-0.2, -0.15) is 5.10 Å². The number of sulfonamides is 1. The van der Waals surface area contributed by atoms with E-state index in [4.69, 9.17) is 9.94 Å². The van der Waals surface area contributed by atoms with E-state index in [2.05, 4.69) is 10.2 Å². The molecule has 0 saturated carbocycles. The number of aryl methyl sites for hydroxylation is 1. The summed E-state index contributed by atoms with van der Waals surface area (Å²) in [4.78, 5) is 17.1. The molecular weight excluding hydrogens is 262 g/mol. The van der Waals surface area contributed by atoms with Crippen LogP contribution >= 0.6 is 0 Å². The predicted molar refractivity (Wildman–Crippen MR) is 61.4 cm³/mol. The number of nitrogens with zero attached hydrogens (tertiary/aromatic N) is 1. The van der Waals surface area contributed by atoms with Gasteiger partial charge in [0.1, 0.15) is 4.90 Å². The van der Waals surface area contributed by atoms with Gasteiger partial charge in [0.2, 0.25) is 0 Å². The number of rotatable bonds is 6. The highest BCUT2D eigenvalue weighted by atomic mass is 32.2. The number of hydrogen-bond donors (Lipinski definition) is 3. The number of hydrogen-bond acceptors (Lipinski definition) is 5. The number of aromatic carboxylic acids is 1. The van der Waals surface area contributed by atoms with Gasteiger partial charge in [0.25, 0.3) is 10.0 Å². The summed E-state index contributed by atoms with van der Waals surface area (Å²) in [7, 11) is -4.07. The van der Waals surface area contributed by atoms with Gasteiger partial charge in [-0.15, -0.1) is 0 Å². The molecule has 0 unspecified atom stereocenters. The van der Waals surface area contributed by atoms with Gasteiger partial charge >= 0.3 is 5.97 Å². The lowest BCUT2D eigenvalue weighted by molar-refractivity contribution is 0.0678. The van der Waals surface area contributed by atoms with E-state index >= 15 is 0 Å². The first-order valence-corrected chi connectivity index (χ1v) is 6.66. The molecule has 9 heteroatoms. The molecule has 0 atom stereocenters. The number of carboxylic acids is 1. The molecule has 0 fully saturated rings. The molecule has 1 aromatic rings. The summed E-state index contributed by atoms with van der Waals surface area (Å²) in [6, 6.07) is 0. The van der Waals surface area contributed by atoms with Crippen molar-refractivity contribution in [1.29, 1.82) is 0 Å². The second kappa shape index (κ2) is 5.46. The third-order valence-corrected chi connectivity index (χ3v) is 3.32. The highest BCUT2D eigenvalue weighted by molar-refractivity contribution is 7.89. The monoisotopic (exact) mass is 277 g/mol. The van der Waals surface area contributed by atoms with E-state index in [1.165, 1.54) is 6.92 Å². The third-order valence-electron chi connectivity index (χ3n) is 1.95. The highest BCUT2D eigenvalue weighted by Crippen LogP contribution is 2.17. The van der Waals surface area contributed by atoms with Crippen molar-refractivity contribution >= 4 is 16.0 Å². The van der Waals surface area contributed by atoms with E-state index < -0.39 is 26.6 Å². The average Bonchev–Trinajstić information content (AvgIpc) is 2.59. The minimum atomic E-state index is -4.07. The lowest BCUT2D eigenvalue weighted by Crippen LogP contribution is -2.27. The van der Waals surface area contributed by atoms with E-state index in [1.807, 2.05) is 18.7 Å². The topological polar surface area (TPSA) is 121 Å². The summed E-state index contributed by atoms with van der Waals surface area (Å²) in [5.41, 5.74) is -0.429. The minimum absolute atomic E-state index is 0.132. The molecular formula is C9H15N3O5S. The van der Waals surface area contributed by atoms with Gasteiger partial charge in [-0.3, -0.25) is 9.94 Å². The molecule has 1 aromatic heterocycles. The van der Waals surface area contributed by atoms with Crippen molar-refractivity contribution in [2.24, 2.45) is 5.92 Å². The van der Waals surface area contributed by atoms with Crippen molar-refractivity contribution in [2.45, 2.75) is 25.7 Å². The van der Waals surface area contributed by atoms with Crippen LogP contribution in [0.5, 0.6) is 0 Å². The quantitative estimate of drug-likeness (QED) is 0.642. The molecule has 0 radical (unpaired) electrons. The zero-order chi connectivity index (χ0) is 13.9. The van der Waals surface area contributed by atoms with Crippen LogP contribution in [0.4, 0.5) is 0 Å². The van der Waals surface area contributed by atoms with E-state index in [0.29, 0.717) is 0 Å². The smallest absolute Gasteiger partial charge is 0.357 e. The Labute approximate surface area is 104 Å². The van der Waals surface area contributed by atoms with Crippen molar-refractivity contribution in [3.05, 3.63) is 11.4 Å². The Morgan fingerprint density at radius 2 is 2.17 bits per heavy atom. The fourth-order valence-corrected chi connectivity index (χ4v) is 2.36. The molecule has 18 heavy (non-hydrogen) atoms. The van der Waals surface area contributed by atoms with E-state index in [-0.39, 0.29) is 18.2 Å². The van der Waals surface area contributed by atoms with Crippen molar-refractivity contribution in [3.8, 4) is 0 Å². The molecule has 0 aromatic carbocycles. The standard InChI is InChI=1S/C9H15N3O5S/c1-5(2)4-17-12-18(15,16)8-6(3)10-11-7(8)9(13)14/h5,12H,4H2,1-3H3,(H,10,11)(H,13,14). The van der Waals surface area contributed by atoms with Crippen LogP contribution in [0, 0.1) is 12.8 Å². The maximum Gasteiger partial charge on any atom is 0.357 e. The van der Waals surface area contributed by atoms with Crippen molar-refractivity contribution in [2.75, 3.05) is 6.61 Å². The molecule has 0 spiro atoms. The Morgan fingerprint density at radius 3 is 2.67 bits per heavy atom. The summed E-state index contributed by atoms with van der Waals surface area (Å²) >= 11 is 0. The molecule has 0 amide bonds. The summed E-state index contributed by atoms with van der Waals surface area (Å²) in [5.74, 6) is -1.29. The number of carbonyl (C=O) groups is 1. The fraction of sp³-hybridized carbons (Fsp3) is 0.556. The normalized spacial score (nSPS) is 12.0. The molecule has 0 aliphatic heterocycles. The van der Waals surface area contributed by atoms with Gasteiger partial charge in [-0.1, -0.05) is 18.7 Å². The van der Waals surface area contributed by atoms with E-state index in [0.717, 1.165) is 0 Å². The van der Waals surface area contributed by atoms with Gasteiger partial charge in [-0.25, -0.2) is 13.2 Å². The zero-order valence-corrected chi connectivity index (χ0v) is 11.0. The summed E-state index contributed by atoms with van der Waals surface area (Å²) in [5, 5.41) is 14.6. The maximum absolute atomic E-state index is 11.9. The van der Waals surface area contributed by atoms with E-state index in [1.54, 1.807) is 0 Å². The number of aromatic nitrogens is 2. The van der Waals surface area contributed by atoms with Crippen LogP contribution in [0.15, 0.2) is 4.90 Å². The van der Waals surface area contributed by atoms with Gasteiger partial charge in [0.15, 0.2) is 5.69 Å². The first-order chi connectivity index (χ1) is 8.25. The minimum Gasteiger partial charge on any atom is -0.476 e. The SMILES string of the molecule is Cc1[nH]nc(C(=O)O)c1S(=O)(=O)NOCC(C)C. The Morgan fingerprint density at radius 1 is 1.56 bits per heavy atom. The number of nitrogens with one attached hydrogen (secondary N) is 2. The largest absolute Gasteiger partial charge is 0.476 e. The molecule has 1 heterocycles. The number of carboxylic acid groups (broad SMARTS) is 1. The Hall–Kier alpha value is -1.45. The predicted octanol–water partition coefficient (Wildman–Crippen LogP) is 0.282. The van der Waals surface area contributed by atoms with Gasteiger partial charge in [0, 0.05) is 0 Å². The summed E-state index contributed by atoms with van der Waals surface area (Å²) in [6.07, 6.45) is 0. The van der Waals surface area contributed by atoms with Crippen LogP contribution in [-0.2, 0) is 14.9 Å². The van der Waals surface area contributed by atoms with Crippen LogP contribution in [0.25, 0.3) is 0 Å². The zero-order valence-electron chi connectivity index (χ0n) is 10.2. The number of aromatic amines is 1. The Bertz CT molecular complexity index is 534. The van der Waals surface area contributed by atoms with Crippen LogP contribution in [0.2, 0.25) is 0 Å². The lowest BCUT2D eigenvalue weighted by Gasteiger charge is -2.08. The molecule has 1 rings (SSSR count). The van der Waals surface area contributed by atoms with E-state index in [9.17, 15) is 13.2 Å². The summed E-state index contributed by atoms with van der Waals surface area (Å²) < 4.78 is 23.7. The maximum atomic E-state index is 11.9. The van der Waals surface area contributed by atoms with Gasteiger partial charge in [0.05, 0.1) is 12.3 Å². The second-order valence-electron chi connectivity index (χ2n) is 4.12. The molecule has 0 aliphatic carbocycles. The van der Waals surface area contributed by atoms with Gasteiger partial charge < -0.3 is 5.11 Å². The Kier molecular flexibility index (Phi) is 4.43. The summed E-state index contributed by atoms with van der Waals surface area (Å²) in [6.45, 7) is 5.29. The third kappa shape index (κ3) is 3.28. The van der Waals surface area contributed by atoms with Gasteiger partial charge in [-0.05, 0) is 12.8 Å². The average molecular weight is 277 g/mol. The highest BCUT2D eigenvalue weighted by Gasteiger charge is 2.28. The van der Waals surface area contributed by atoms with Crippen molar-refractivity contribution in [3.63, 3.8) is 0 Å². The van der Waals surface area contributed by atoms with Crippen molar-refractivity contribution < 1.29 is 23.2 Å². The molecule has 8 nitrogen and oxygen atoms in total. The van der Waals surface area contributed by atoms with Crippen LogP contribution in [0.1, 0.15) is 30.0 Å². The molecule has 102 valence electrons. The van der Waals surface area contributed by atoms with Crippen LogP contribution < -0.4 is 4.89 Å². The molecule has 0 saturated heterocycles. The molecule has 0 bridgehead atoms. The molecule has 0 aliphatic rings. The molecule has 3 N–H and O–H groups in total. The van der Waals surface area contributed by atoms with Crippen LogP contribution in [-0.4, -0.2) is 36.3 Å². The Balaban J connectivity index is 2.98. The fourth-order valence-electron chi connectivity index (χ4n) is 1.21. The second-order valence-corrected chi connectivity index (χ2v) is 5.70. The number of H-pyrrole nitrogens is 1. The van der Waals surface area contributed by atoms with Crippen molar-refractivity contribution in [1.82, 2.24) is 15.1 Å². The first-order valence-electron chi connectivity index (χ1n) is 5.17. The lowest BCUT2D eigenvalue weighted by atomic mass is 10.2.